The smallest absolute Gasteiger partial charge is 0.0320 e. The van der Waals surface area contributed by atoms with Gasteiger partial charge in [-0.3, -0.25) is 4.90 Å². The highest BCUT2D eigenvalue weighted by Gasteiger charge is 2.25. The van der Waals surface area contributed by atoms with Crippen LogP contribution in [-0.4, -0.2) is 31.1 Å². The Bertz CT molecular complexity index is 369. The van der Waals surface area contributed by atoms with Crippen LogP contribution in [0.1, 0.15) is 50.3 Å². The summed E-state index contributed by atoms with van der Waals surface area (Å²) in [7, 11) is 2.07. The minimum atomic E-state index is 0.532. The van der Waals surface area contributed by atoms with Crippen molar-refractivity contribution in [3.05, 3.63) is 35.4 Å². The highest BCUT2D eigenvalue weighted by atomic mass is 15.2. The van der Waals surface area contributed by atoms with Gasteiger partial charge in [0.05, 0.1) is 0 Å². The lowest BCUT2D eigenvalue weighted by atomic mass is 9.99. The van der Waals surface area contributed by atoms with Crippen LogP contribution in [0.5, 0.6) is 0 Å². The van der Waals surface area contributed by atoms with Crippen LogP contribution in [0.25, 0.3) is 0 Å². The van der Waals surface area contributed by atoms with E-state index in [0.29, 0.717) is 18.0 Å². The number of hydrogen-bond donors (Lipinski definition) is 1. The fourth-order valence-corrected chi connectivity index (χ4v) is 2.74. The number of nitrogens with zero attached hydrogens (tertiary/aromatic N) is 1. The number of likely N-dealkylation sites (tertiary alicyclic amines) is 1. The van der Waals surface area contributed by atoms with E-state index in [-0.39, 0.29) is 0 Å². The van der Waals surface area contributed by atoms with Gasteiger partial charge in [0.15, 0.2) is 0 Å². The lowest BCUT2D eigenvalue weighted by molar-refractivity contribution is 0.257. The lowest BCUT2D eigenvalue weighted by Crippen LogP contribution is -2.31. The summed E-state index contributed by atoms with van der Waals surface area (Å²) in [6.45, 7) is 9.19. The molecule has 18 heavy (non-hydrogen) atoms. The van der Waals surface area contributed by atoms with Gasteiger partial charge in [0.25, 0.3) is 0 Å². The normalized spacial score (nSPS) is 22.6. The second-order valence-electron chi connectivity index (χ2n) is 5.77. The third kappa shape index (κ3) is 2.93. The molecule has 1 fully saturated rings. The maximum absolute atomic E-state index is 3.38. The van der Waals surface area contributed by atoms with Crippen molar-refractivity contribution in [3.8, 4) is 0 Å². The molecule has 1 heterocycles. The molecule has 0 aromatic heterocycles. The van der Waals surface area contributed by atoms with E-state index in [1.807, 2.05) is 0 Å². The van der Waals surface area contributed by atoms with E-state index in [2.05, 4.69) is 62.3 Å². The van der Waals surface area contributed by atoms with Crippen LogP contribution >= 0.6 is 0 Å². The van der Waals surface area contributed by atoms with E-state index in [0.717, 1.165) is 0 Å². The first-order valence-electron chi connectivity index (χ1n) is 7.13. The van der Waals surface area contributed by atoms with Gasteiger partial charge < -0.3 is 5.32 Å². The third-order valence-corrected chi connectivity index (χ3v) is 4.26. The molecule has 100 valence electrons. The van der Waals surface area contributed by atoms with Crippen LogP contribution in [0.2, 0.25) is 0 Å². The Morgan fingerprint density at radius 3 is 2.22 bits per heavy atom. The molecule has 1 aliphatic heterocycles. The quantitative estimate of drug-likeness (QED) is 0.878. The van der Waals surface area contributed by atoms with E-state index in [1.165, 1.54) is 30.6 Å². The molecule has 0 amide bonds. The van der Waals surface area contributed by atoms with Gasteiger partial charge in [0, 0.05) is 25.2 Å². The molecule has 0 saturated carbocycles. The molecule has 2 unspecified atom stereocenters. The Labute approximate surface area is 111 Å². The van der Waals surface area contributed by atoms with Gasteiger partial charge in [-0.2, -0.15) is 0 Å². The number of benzene rings is 1. The highest BCUT2D eigenvalue weighted by molar-refractivity contribution is 5.26. The zero-order valence-electron chi connectivity index (χ0n) is 12.1. The van der Waals surface area contributed by atoms with Gasteiger partial charge in [-0.05, 0) is 37.4 Å². The number of nitrogens with one attached hydrogen (secondary N) is 1. The molecule has 2 nitrogen and oxygen atoms in total. The summed E-state index contributed by atoms with van der Waals surface area (Å²) < 4.78 is 0. The first-order valence-corrected chi connectivity index (χ1v) is 7.13. The second-order valence-corrected chi connectivity index (χ2v) is 5.77. The van der Waals surface area contributed by atoms with Gasteiger partial charge in [-0.15, -0.1) is 0 Å². The van der Waals surface area contributed by atoms with Crippen molar-refractivity contribution in [3.63, 3.8) is 0 Å². The highest BCUT2D eigenvalue weighted by Crippen LogP contribution is 2.26. The van der Waals surface area contributed by atoms with Crippen molar-refractivity contribution in [2.45, 2.75) is 45.2 Å². The van der Waals surface area contributed by atoms with Crippen molar-refractivity contribution in [1.29, 1.82) is 0 Å². The number of likely N-dealkylation sites (N-methyl/N-ethyl adjacent to an activating group) is 1. The maximum Gasteiger partial charge on any atom is 0.0320 e. The Hall–Kier alpha value is -0.860. The molecule has 1 aliphatic rings. The molecule has 0 aliphatic carbocycles. The number of hydrogen-bond acceptors (Lipinski definition) is 2. The van der Waals surface area contributed by atoms with E-state index >= 15 is 0 Å². The summed E-state index contributed by atoms with van der Waals surface area (Å²) in [6.07, 6.45) is 1.27. The van der Waals surface area contributed by atoms with Crippen LogP contribution in [0.3, 0.4) is 0 Å². The molecule has 2 rings (SSSR count). The SMILES string of the molecule is CNC1CCN(C(C)c2ccc(C(C)C)cc2)C1. The van der Waals surface area contributed by atoms with Gasteiger partial charge in [-0.25, -0.2) is 0 Å². The fourth-order valence-electron chi connectivity index (χ4n) is 2.74. The standard InChI is InChI=1S/C16H26N2/c1-12(2)14-5-7-15(8-6-14)13(3)18-10-9-16(11-18)17-4/h5-8,12-13,16-17H,9-11H2,1-4H3. The maximum atomic E-state index is 3.38. The first-order chi connectivity index (χ1) is 8.61. The zero-order valence-corrected chi connectivity index (χ0v) is 12.1. The predicted octanol–water partition coefficient (Wildman–Crippen LogP) is 3.16. The summed E-state index contributed by atoms with van der Waals surface area (Å²) in [6, 6.07) is 10.4. The van der Waals surface area contributed by atoms with Gasteiger partial charge in [-0.1, -0.05) is 38.1 Å². The summed E-state index contributed by atoms with van der Waals surface area (Å²) in [4.78, 5) is 2.57. The molecule has 1 aromatic carbocycles. The molecule has 1 saturated heterocycles. The van der Waals surface area contributed by atoms with Crippen molar-refractivity contribution < 1.29 is 0 Å². The molecule has 1 aromatic rings. The van der Waals surface area contributed by atoms with Crippen molar-refractivity contribution >= 4 is 0 Å². The molecule has 0 spiro atoms. The zero-order chi connectivity index (χ0) is 13.1. The third-order valence-electron chi connectivity index (χ3n) is 4.26. The Morgan fingerprint density at radius 1 is 1.11 bits per heavy atom. The lowest BCUT2D eigenvalue weighted by Gasteiger charge is -2.25. The summed E-state index contributed by atoms with van der Waals surface area (Å²) in [5, 5.41) is 3.38. The van der Waals surface area contributed by atoms with Crippen LogP contribution < -0.4 is 5.32 Å². The Balaban J connectivity index is 2.02. The second kappa shape index (κ2) is 5.85. The van der Waals surface area contributed by atoms with Crippen molar-refractivity contribution in [2.75, 3.05) is 20.1 Å². The fraction of sp³-hybridized carbons (Fsp3) is 0.625. The van der Waals surface area contributed by atoms with E-state index in [9.17, 15) is 0 Å². The average Bonchev–Trinajstić information content (AvgIpc) is 2.86. The van der Waals surface area contributed by atoms with Crippen molar-refractivity contribution in [2.24, 2.45) is 0 Å². The van der Waals surface area contributed by atoms with Gasteiger partial charge in [0.1, 0.15) is 0 Å². The van der Waals surface area contributed by atoms with Crippen molar-refractivity contribution in [1.82, 2.24) is 10.2 Å². The molecule has 1 N–H and O–H groups in total. The van der Waals surface area contributed by atoms with Gasteiger partial charge in [0.2, 0.25) is 0 Å². The predicted molar refractivity (Wildman–Crippen MR) is 78.0 cm³/mol. The Kier molecular flexibility index (Phi) is 4.41. The largest absolute Gasteiger partial charge is 0.316 e. The first kappa shape index (κ1) is 13.6. The van der Waals surface area contributed by atoms with Crippen LogP contribution in [-0.2, 0) is 0 Å². The van der Waals surface area contributed by atoms with E-state index < -0.39 is 0 Å². The van der Waals surface area contributed by atoms with Crippen LogP contribution in [0.15, 0.2) is 24.3 Å². The summed E-state index contributed by atoms with van der Waals surface area (Å²) >= 11 is 0. The molecular weight excluding hydrogens is 220 g/mol. The topological polar surface area (TPSA) is 15.3 Å². The van der Waals surface area contributed by atoms with Crippen LogP contribution in [0.4, 0.5) is 0 Å². The minimum Gasteiger partial charge on any atom is -0.316 e. The molecule has 0 bridgehead atoms. The summed E-state index contributed by atoms with van der Waals surface area (Å²) in [5.74, 6) is 0.620. The molecule has 0 radical (unpaired) electrons. The summed E-state index contributed by atoms with van der Waals surface area (Å²) in [5.41, 5.74) is 2.87. The molecule has 2 atom stereocenters. The Morgan fingerprint density at radius 2 is 1.72 bits per heavy atom. The molecule has 2 heteroatoms. The van der Waals surface area contributed by atoms with Crippen LogP contribution in [0, 0.1) is 0 Å². The monoisotopic (exact) mass is 246 g/mol. The minimum absolute atomic E-state index is 0.532. The average molecular weight is 246 g/mol. The van der Waals surface area contributed by atoms with E-state index in [4.69, 9.17) is 0 Å². The van der Waals surface area contributed by atoms with E-state index in [1.54, 1.807) is 0 Å². The van der Waals surface area contributed by atoms with Gasteiger partial charge >= 0.3 is 0 Å². The number of rotatable bonds is 4. The molecular formula is C16H26N2.